The molecular weight excluding hydrogens is 242 g/mol. The zero-order chi connectivity index (χ0) is 13.1. The maximum absolute atomic E-state index is 11.6. The SMILES string of the molecule is CCCCCCCCSC(=O)Nc1ccccc1. The number of hydrogen-bond acceptors (Lipinski definition) is 2. The first-order chi connectivity index (χ1) is 8.83. The molecule has 0 bridgehead atoms. The second-order valence-electron chi connectivity index (χ2n) is 4.39. The molecule has 0 saturated carbocycles. The normalized spacial score (nSPS) is 10.3. The van der Waals surface area contributed by atoms with E-state index in [1.54, 1.807) is 0 Å². The number of nitrogens with one attached hydrogen (secondary N) is 1. The summed E-state index contributed by atoms with van der Waals surface area (Å²) in [5.74, 6) is 0.921. The first-order valence-electron chi connectivity index (χ1n) is 6.81. The Balaban J connectivity index is 2.00. The zero-order valence-electron chi connectivity index (χ0n) is 11.2. The Kier molecular flexibility index (Phi) is 8.40. The van der Waals surface area contributed by atoms with Gasteiger partial charge >= 0.3 is 0 Å². The summed E-state index contributed by atoms with van der Waals surface area (Å²) in [5.41, 5.74) is 0.873. The monoisotopic (exact) mass is 265 g/mol. The third-order valence-corrected chi connectivity index (χ3v) is 3.61. The highest BCUT2D eigenvalue weighted by molar-refractivity contribution is 8.13. The zero-order valence-corrected chi connectivity index (χ0v) is 12.0. The molecule has 1 aromatic carbocycles. The number of rotatable bonds is 8. The van der Waals surface area contributed by atoms with Crippen LogP contribution in [0.3, 0.4) is 0 Å². The number of para-hydroxylation sites is 1. The van der Waals surface area contributed by atoms with Gasteiger partial charge in [-0.25, -0.2) is 0 Å². The summed E-state index contributed by atoms with van der Waals surface area (Å²) in [6, 6.07) is 9.60. The third-order valence-electron chi connectivity index (χ3n) is 2.75. The standard InChI is InChI=1S/C15H23NOS/c1-2-3-4-5-6-10-13-18-15(17)16-14-11-8-7-9-12-14/h7-9,11-12H,2-6,10,13H2,1H3,(H,16,17). The average Bonchev–Trinajstić information content (AvgIpc) is 2.39. The number of hydrogen-bond donors (Lipinski definition) is 1. The van der Waals surface area contributed by atoms with Crippen molar-refractivity contribution in [3.8, 4) is 0 Å². The van der Waals surface area contributed by atoms with Crippen LogP contribution in [0.15, 0.2) is 30.3 Å². The molecule has 1 rings (SSSR count). The molecule has 0 radical (unpaired) electrons. The number of thioether (sulfide) groups is 1. The van der Waals surface area contributed by atoms with E-state index in [2.05, 4.69) is 12.2 Å². The molecule has 0 fully saturated rings. The molecule has 2 nitrogen and oxygen atoms in total. The van der Waals surface area contributed by atoms with Gasteiger partial charge in [-0.2, -0.15) is 0 Å². The lowest BCUT2D eigenvalue weighted by Crippen LogP contribution is -2.05. The molecule has 100 valence electrons. The molecule has 0 heterocycles. The van der Waals surface area contributed by atoms with Crippen LogP contribution in [-0.4, -0.2) is 11.0 Å². The Bertz CT molecular complexity index is 327. The van der Waals surface area contributed by atoms with Gasteiger partial charge in [-0.1, -0.05) is 69.0 Å². The van der Waals surface area contributed by atoms with E-state index in [0.717, 1.165) is 17.9 Å². The largest absolute Gasteiger partial charge is 0.317 e. The van der Waals surface area contributed by atoms with Gasteiger partial charge in [0.05, 0.1) is 0 Å². The van der Waals surface area contributed by atoms with Gasteiger partial charge in [0.1, 0.15) is 0 Å². The number of carbonyl (C=O) groups is 1. The maximum atomic E-state index is 11.6. The summed E-state index contributed by atoms with van der Waals surface area (Å²) < 4.78 is 0. The molecule has 0 saturated heterocycles. The van der Waals surface area contributed by atoms with Gasteiger partial charge in [-0.15, -0.1) is 0 Å². The molecule has 0 spiro atoms. The Morgan fingerprint density at radius 2 is 1.72 bits per heavy atom. The minimum absolute atomic E-state index is 0.0507. The molecule has 0 aliphatic heterocycles. The number of benzene rings is 1. The first-order valence-corrected chi connectivity index (χ1v) is 7.80. The molecule has 0 unspecified atom stereocenters. The number of amides is 1. The van der Waals surface area contributed by atoms with E-state index in [4.69, 9.17) is 0 Å². The minimum Gasteiger partial charge on any atom is -0.317 e. The fraction of sp³-hybridized carbons (Fsp3) is 0.533. The van der Waals surface area contributed by atoms with Gasteiger partial charge in [0.2, 0.25) is 0 Å². The van der Waals surface area contributed by atoms with Crippen molar-refractivity contribution in [1.29, 1.82) is 0 Å². The topological polar surface area (TPSA) is 29.1 Å². The quantitative estimate of drug-likeness (QED) is 0.645. The van der Waals surface area contributed by atoms with Gasteiger partial charge in [-0.3, -0.25) is 4.79 Å². The maximum Gasteiger partial charge on any atom is 0.283 e. The molecule has 0 aliphatic carbocycles. The lowest BCUT2D eigenvalue weighted by Gasteiger charge is -2.04. The predicted octanol–water partition coefficient (Wildman–Crippen LogP) is 5.31. The molecule has 1 N–H and O–H groups in total. The highest BCUT2D eigenvalue weighted by Gasteiger charge is 2.01. The van der Waals surface area contributed by atoms with E-state index in [-0.39, 0.29) is 5.24 Å². The van der Waals surface area contributed by atoms with Crippen molar-refractivity contribution in [2.24, 2.45) is 0 Å². The van der Waals surface area contributed by atoms with E-state index in [9.17, 15) is 4.79 Å². The van der Waals surface area contributed by atoms with Crippen molar-refractivity contribution >= 4 is 22.7 Å². The van der Waals surface area contributed by atoms with Crippen molar-refractivity contribution in [3.05, 3.63) is 30.3 Å². The van der Waals surface area contributed by atoms with Crippen LogP contribution in [0.2, 0.25) is 0 Å². The predicted molar refractivity (Wildman–Crippen MR) is 81.3 cm³/mol. The van der Waals surface area contributed by atoms with Crippen molar-refractivity contribution in [2.45, 2.75) is 45.4 Å². The van der Waals surface area contributed by atoms with E-state index in [1.807, 2.05) is 30.3 Å². The van der Waals surface area contributed by atoms with Crippen molar-refractivity contribution < 1.29 is 4.79 Å². The fourth-order valence-corrected chi connectivity index (χ4v) is 2.45. The van der Waals surface area contributed by atoms with Gasteiger partial charge in [-0.05, 0) is 18.6 Å². The van der Waals surface area contributed by atoms with Crippen molar-refractivity contribution in [1.82, 2.24) is 0 Å². The van der Waals surface area contributed by atoms with Crippen LogP contribution < -0.4 is 5.32 Å². The fourth-order valence-electron chi connectivity index (χ4n) is 1.72. The molecule has 1 amide bonds. The van der Waals surface area contributed by atoms with Crippen LogP contribution in [0, 0.1) is 0 Å². The van der Waals surface area contributed by atoms with Crippen LogP contribution in [0.25, 0.3) is 0 Å². The second-order valence-corrected chi connectivity index (χ2v) is 5.46. The van der Waals surface area contributed by atoms with Crippen LogP contribution >= 0.6 is 11.8 Å². The van der Waals surface area contributed by atoms with Crippen LogP contribution in [0.5, 0.6) is 0 Å². The average molecular weight is 265 g/mol. The number of carbonyl (C=O) groups excluding carboxylic acids is 1. The number of anilines is 1. The molecule has 0 aromatic heterocycles. The van der Waals surface area contributed by atoms with Gasteiger partial charge < -0.3 is 5.32 Å². The summed E-state index contributed by atoms with van der Waals surface area (Å²) in [6.07, 6.45) is 7.63. The van der Waals surface area contributed by atoms with Crippen LogP contribution in [-0.2, 0) is 0 Å². The molecule has 3 heteroatoms. The molecule has 0 atom stereocenters. The molecule has 18 heavy (non-hydrogen) atoms. The lowest BCUT2D eigenvalue weighted by atomic mass is 10.1. The van der Waals surface area contributed by atoms with E-state index in [0.29, 0.717) is 0 Å². The van der Waals surface area contributed by atoms with Gasteiger partial charge in [0, 0.05) is 11.4 Å². The van der Waals surface area contributed by atoms with Crippen molar-refractivity contribution in [3.63, 3.8) is 0 Å². The molecular formula is C15H23NOS. The number of unbranched alkanes of at least 4 members (excludes halogenated alkanes) is 5. The Labute approximate surface area is 115 Å². The summed E-state index contributed by atoms with van der Waals surface area (Å²) in [5, 5.41) is 2.93. The van der Waals surface area contributed by atoms with E-state index >= 15 is 0 Å². The summed E-state index contributed by atoms with van der Waals surface area (Å²) in [7, 11) is 0. The Morgan fingerprint density at radius 3 is 2.44 bits per heavy atom. The van der Waals surface area contributed by atoms with Gasteiger partial charge in [0.15, 0.2) is 0 Å². The highest BCUT2D eigenvalue weighted by atomic mass is 32.2. The Hall–Kier alpha value is -0.960. The Morgan fingerprint density at radius 1 is 1.06 bits per heavy atom. The molecule has 0 aliphatic rings. The smallest absolute Gasteiger partial charge is 0.283 e. The molecule has 1 aromatic rings. The second kappa shape index (κ2) is 10.0. The van der Waals surface area contributed by atoms with E-state index < -0.39 is 0 Å². The highest BCUT2D eigenvalue weighted by Crippen LogP contribution is 2.13. The van der Waals surface area contributed by atoms with Gasteiger partial charge in [0.25, 0.3) is 5.24 Å². The van der Waals surface area contributed by atoms with Crippen LogP contribution in [0.1, 0.15) is 45.4 Å². The van der Waals surface area contributed by atoms with Crippen molar-refractivity contribution in [2.75, 3.05) is 11.1 Å². The third kappa shape index (κ3) is 7.38. The summed E-state index contributed by atoms with van der Waals surface area (Å²) >= 11 is 1.39. The lowest BCUT2D eigenvalue weighted by molar-refractivity contribution is 0.269. The van der Waals surface area contributed by atoms with E-state index in [1.165, 1.54) is 43.9 Å². The summed E-state index contributed by atoms with van der Waals surface area (Å²) in [6.45, 7) is 2.23. The van der Waals surface area contributed by atoms with Crippen LogP contribution in [0.4, 0.5) is 10.5 Å². The minimum atomic E-state index is 0.0507. The first kappa shape index (κ1) is 15.1. The summed E-state index contributed by atoms with van der Waals surface area (Å²) in [4.78, 5) is 11.6.